The molecule has 0 aliphatic rings. The predicted octanol–water partition coefficient (Wildman–Crippen LogP) is 6.03. The number of hydrogen-bond acceptors (Lipinski definition) is 4. The molecule has 0 aromatic heterocycles. The number of anilines is 1. The first-order chi connectivity index (χ1) is 19.7. The Bertz CT molecular complexity index is 1520. The second-order valence-corrected chi connectivity index (χ2v) is 11.9. The average molecular weight is 628 g/mol. The van der Waals surface area contributed by atoms with Crippen LogP contribution in [0.1, 0.15) is 38.3 Å². The SMILES string of the molecule is CCC(C)NC(=O)C(C)N(Cc1ccccc1F)C(=O)CN(c1ccc(Cl)c(C(F)(F)F)c1)S(=O)(=O)c1ccccc1. The number of amides is 2. The van der Waals surface area contributed by atoms with Gasteiger partial charge in [0, 0.05) is 18.2 Å². The molecule has 3 rings (SSSR count). The van der Waals surface area contributed by atoms with Crippen LogP contribution in [0, 0.1) is 5.82 Å². The second-order valence-electron chi connectivity index (χ2n) is 9.59. The lowest BCUT2D eigenvalue weighted by Gasteiger charge is -2.32. The number of benzene rings is 3. The van der Waals surface area contributed by atoms with Crippen molar-refractivity contribution in [2.24, 2.45) is 0 Å². The van der Waals surface area contributed by atoms with Gasteiger partial charge in [0.25, 0.3) is 10.0 Å². The highest BCUT2D eigenvalue weighted by atomic mass is 35.5. The molecule has 0 aliphatic heterocycles. The molecule has 0 radical (unpaired) electrons. The monoisotopic (exact) mass is 627 g/mol. The minimum absolute atomic E-state index is 0.0531. The van der Waals surface area contributed by atoms with Crippen molar-refractivity contribution in [2.45, 2.75) is 56.9 Å². The molecule has 2 amide bonds. The van der Waals surface area contributed by atoms with E-state index in [4.69, 9.17) is 11.6 Å². The topological polar surface area (TPSA) is 86.8 Å². The van der Waals surface area contributed by atoms with E-state index in [1.807, 2.05) is 6.92 Å². The smallest absolute Gasteiger partial charge is 0.352 e. The van der Waals surface area contributed by atoms with Gasteiger partial charge in [-0.2, -0.15) is 13.2 Å². The molecule has 0 spiro atoms. The molecule has 1 N–H and O–H groups in total. The Morgan fingerprint density at radius 1 is 0.976 bits per heavy atom. The highest BCUT2D eigenvalue weighted by molar-refractivity contribution is 7.92. The molecule has 226 valence electrons. The van der Waals surface area contributed by atoms with E-state index in [0.29, 0.717) is 16.8 Å². The van der Waals surface area contributed by atoms with Crippen molar-refractivity contribution in [1.29, 1.82) is 0 Å². The molecule has 0 bridgehead atoms. The Morgan fingerprint density at radius 2 is 1.60 bits per heavy atom. The molecular formula is C29H30ClF4N3O4S. The van der Waals surface area contributed by atoms with Gasteiger partial charge in [-0.1, -0.05) is 54.9 Å². The van der Waals surface area contributed by atoms with Gasteiger partial charge in [-0.3, -0.25) is 13.9 Å². The van der Waals surface area contributed by atoms with Crippen LogP contribution in [0.2, 0.25) is 5.02 Å². The number of alkyl halides is 3. The molecule has 7 nitrogen and oxygen atoms in total. The van der Waals surface area contributed by atoms with Gasteiger partial charge in [-0.05, 0) is 56.7 Å². The lowest BCUT2D eigenvalue weighted by atomic mass is 10.1. The summed E-state index contributed by atoms with van der Waals surface area (Å²) in [6, 6.07) is 13.4. The summed E-state index contributed by atoms with van der Waals surface area (Å²) >= 11 is 5.76. The van der Waals surface area contributed by atoms with E-state index in [1.54, 1.807) is 13.0 Å². The minimum Gasteiger partial charge on any atom is -0.352 e. The van der Waals surface area contributed by atoms with Crippen LogP contribution in [-0.4, -0.2) is 43.8 Å². The van der Waals surface area contributed by atoms with Crippen LogP contribution in [0.4, 0.5) is 23.2 Å². The number of nitrogens with zero attached hydrogens (tertiary/aromatic N) is 2. The molecule has 0 saturated carbocycles. The number of rotatable bonds is 11. The standard InChI is InChI=1S/C29H30ClF4N3O4S/c1-4-19(2)35-28(39)20(3)36(17-21-10-8-9-13-26(21)31)27(38)18-37(42(40,41)23-11-6-5-7-12-23)22-14-15-25(30)24(16-22)29(32,33)34/h5-16,19-20H,4,17-18H2,1-3H3,(H,35,39). The number of carbonyl (C=O) groups is 2. The first-order valence-electron chi connectivity index (χ1n) is 12.9. The van der Waals surface area contributed by atoms with Crippen LogP contribution in [-0.2, 0) is 32.3 Å². The van der Waals surface area contributed by atoms with E-state index in [-0.39, 0.29) is 16.5 Å². The van der Waals surface area contributed by atoms with Crippen molar-refractivity contribution in [2.75, 3.05) is 10.8 Å². The number of nitrogens with one attached hydrogen (secondary N) is 1. The maximum atomic E-state index is 14.6. The van der Waals surface area contributed by atoms with E-state index in [1.165, 1.54) is 55.5 Å². The molecule has 2 unspecified atom stereocenters. The molecule has 0 aliphatic carbocycles. The summed E-state index contributed by atoms with van der Waals surface area (Å²) in [5, 5.41) is 2.08. The largest absolute Gasteiger partial charge is 0.417 e. The van der Waals surface area contributed by atoms with E-state index in [2.05, 4.69) is 5.32 Å². The third kappa shape index (κ3) is 7.80. The number of halogens is 5. The molecule has 3 aromatic rings. The average Bonchev–Trinajstić information content (AvgIpc) is 2.95. The van der Waals surface area contributed by atoms with Gasteiger partial charge in [0.05, 0.1) is 21.2 Å². The molecule has 0 heterocycles. The number of carbonyl (C=O) groups excluding carboxylic acids is 2. The normalized spacial score (nSPS) is 13.2. The van der Waals surface area contributed by atoms with Gasteiger partial charge >= 0.3 is 6.18 Å². The Labute approximate surface area is 247 Å². The van der Waals surface area contributed by atoms with Crippen LogP contribution in [0.3, 0.4) is 0 Å². The van der Waals surface area contributed by atoms with E-state index < -0.39 is 69.2 Å². The van der Waals surface area contributed by atoms with Crippen molar-refractivity contribution in [3.8, 4) is 0 Å². The highest BCUT2D eigenvalue weighted by Gasteiger charge is 2.37. The van der Waals surface area contributed by atoms with Gasteiger partial charge in [-0.15, -0.1) is 0 Å². The molecule has 3 aromatic carbocycles. The zero-order valence-corrected chi connectivity index (χ0v) is 24.6. The maximum absolute atomic E-state index is 14.6. The van der Waals surface area contributed by atoms with Crippen molar-refractivity contribution < 1.29 is 35.6 Å². The predicted molar refractivity (Wildman–Crippen MR) is 152 cm³/mol. The summed E-state index contributed by atoms with van der Waals surface area (Å²) in [4.78, 5) is 27.6. The van der Waals surface area contributed by atoms with Crippen molar-refractivity contribution >= 4 is 39.1 Å². The molecule has 0 saturated heterocycles. The molecular weight excluding hydrogens is 598 g/mol. The first-order valence-corrected chi connectivity index (χ1v) is 14.8. The van der Waals surface area contributed by atoms with Crippen molar-refractivity contribution in [3.63, 3.8) is 0 Å². The third-order valence-electron chi connectivity index (χ3n) is 6.62. The van der Waals surface area contributed by atoms with E-state index >= 15 is 0 Å². The fourth-order valence-corrected chi connectivity index (χ4v) is 5.64. The molecule has 0 fully saturated rings. The van der Waals surface area contributed by atoms with Gasteiger partial charge in [0.2, 0.25) is 11.8 Å². The molecule has 2 atom stereocenters. The number of sulfonamides is 1. The summed E-state index contributed by atoms with van der Waals surface area (Å²) in [7, 11) is -4.61. The van der Waals surface area contributed by atoms with Crippen LogP contribution < -0.4 is 9.62 Å². The number of hydrogen-bond donors (Lipinski definition) is 1. The van der Waals surface area contributed by atoms with Gasteiger partial charge in [-0.25, -0.2) is 12.8 Å². The molecule has 42 heavy (non-hydrogen) atoms. The molecule has 13 heteroatoms. The van der Waals surface area contributed by atoms with Gasteiger partial charge in [0.1, 0.15) is 18.4 Å². The highest BCUT2D eigenvalue weighted by Crippen LogP contribution is 2.38. The van der Waals surface area contributed by atoms with Crippen LogP contribution >= 0.6 is 11.6 Å². The van der Waals surface area contributed by atoms with Crippen molar-refractivity contribution in [1.82, 2.24) is 10.2 Å². The van der Waals surface area contributed by atoms with Crippen molar-refractivity contribution in [3.05, 3.63) is 94.8 Å². The Kier molecular flexibility index (Phi) is 10.6. The summed E-state index contributed by atoms with van der Waals surface area (Å²) in [6.45, 7) is 3.59. The Hall–Kier alpha value is -3.64. The van der Waals surface area contributed by atoms with Gasteiger partial charge in [0.15, 0.2) is 0 Å². The van der Waals surface area contributed by atoms with Crippen LogP contribution in [0.5, 0.6) is 0 Å². The fraction of sp³-hybridized carbons (Fsp3) is 0.310. The Balaban J connectivity index is 2.11. The lowest BCUT2D eigenvalue weighted by molar-refractivity contribution is -0.139. The van der Waals surface area contributed by atoms with Crippen LogP contribution in [0.15, 0.2) is 77.7 Å². The van der Waals surface area contributed by atoms with Crippen LogP contribution in [0.25, 0.3) is 0 Å². The minimum atomic E-state index is -4.92. The third-order valence-corrected chi connectivity index (χ3v) is 8.74. The lowest BCUT2D eigenvalue weighted by Crippen LogP contribution is -2.52. The summed E-state index contributed by atoms with van der Waals surface area (Å²) in [5.74, 6) is -2.18. The maximum Gasteiger partial charge on any atom is 0.417 e. The van der Waals surface area contributed by atoms with Gasteiger partial charge < -0.3 is 10.2 Å². The fourth-order valence-electron chi connectivity index (χ4n) is 3.99. The van der Waals surface area contributed by atoms with E-state index in [0.717, 1.165) is 17.0 Å². The Morgan fingerprint density at radius 3 is 2.19 bits per heavy atom. The first kappa shape index (κ1) is 32.9. The second kappa shape index (κ2) is 13.6. The zero-order valence-electron chi connectivity index (χ0n) is 23.0. The van der Waals surface area contributed by atoms with E-state index in [9.17, 15) is 35.6 Å². The zero-order chi connectivity index (χ0) is 31.2. The summed E-state index contributed by atoms with van der Waals surface area (Å²) < 4.78 is 83.7. The summed E-state index contributed by atoms with van der Waals surface area (Å²) in [5.41, 5.74) is -1.73. The summed E-state index contributed by atoms with van der Waals surface area (Å²) in [6.07, 6.45) is -4.33. The quantitative estimate of drug-likeness (QED) is 0.263.